The van der Waals surface area contributed by atoms with E-state index in [1.807, 2.05) is 0 Å². The van der Waals surface area contributed by atoms with Crippen molar-refractivity contribution in [3.63, 3.8) is 0 Å². The van der Waals surface area contributed by atoms with Gasteiger partial charge in [-0.3, -0.25) is 9.69 Å². The first-order valence-corrected chi connectivity index (χ1v) is 8.46. The number of likely N-dealkylation sites (N-methyl/N-ethyl adjacent to an activating group) is 1. The van der Waals surface area contributed by atoms with E-state index in [9.17, 15) is 4.79 Å². The van der Waals surface area contributed by atoms with Crippen LogP contribution in [0.15, 0.2) is 0 Å². The zero-order valence-corrected chi connectivity index (χ0v) is 14.1. The molecule has 2 saturated heterocycles. The Morgan fingerprint density at radius 3 is 2.38 bits per heavy atom. The number of carbonyl (C=O) groups excluding carboxylic acids is 1. The molecule has 1 spiro atoms. The summed E-state index contributed by atoms with van der Waals surface area (Å²) in [5.41, 5.74) is -0.478. The van der Waals surface area contributed by atoms with Gasteiger partial charge in [-0.05, 0) is 52.6 Å². The fourth-order valence-corrected chi connectivity index (χ4v) is 4.01. The van der Waals surface area contributed by atoms with Crippen molar-refractivity contribution in [3.8, 4) is 0 Å². The molecule has 2 aliphatic heterocycles. The van der Waals surface area contributed by atoms with Crippen LogP contribution in [0.1, 0.15) is 53.4 Å². The van der Waals surface area contributed by atoms with Crippen molar-refractivity contribution in [2.45, 2.75) is 64.5 Å². The third-order valence-corrected chi connectivity index (χ3v) is 5.42. The van der Waals surface area contributed by atoms with E-state index in [0.29, 0.717) is 12.4 Å². The molecule has 0 aromatic rings. The molecule has 0 aromatic carbocycles. The highest BCUT2D eigenvalue weighted by Crippen LogP contribution is 2.39. The van der Waals surface area contributed by atoms with Crippen molar-refractivity contribution < 1.29 is 14.3 Å². The molecule has 0 saturated carbocycles. The van der Waals surface area contributed by atoms with Gasteiger partial charge in [0.05, 0.1) is 11.1 Å². The highest BCUT2D eigenvalue weighted by Gasteiger charge is 2.45. The molecule has 2 fully saturated rings. The highest BCUT2D eigenvalue weighted by molar-refractivity contribution is 5.89. The van der Waals surface area contributed by atoms with E-state index in [4.69, 9.17) is 9.47 Å². The highest BCUT2D eigenvalue weighted by atomic mass is 16.5. The van der Waals surface area contributed by atoms with Gasteiger partial charge in [-0.25, -0.2) is 0 Å². The minimum Gasteiger partial charge on any atom is -0.381 e. The molecule has 2 rings (SSSR count). The summed E-state index contributed by atoms with van der Waals surface area (Å²) in [5.74, 6) is 0.521. The van der Waals surface area contributed by atoms with Gasteiger partial charge in [0.2, 0.25) is 0 Å². The molecule has 0 amide bonds. The van der Waals surface area contributed by atoms with Gasteiger partial charge in [-0.1, -0.05) is 13.8 Å². The Kier molecular flexibility index (Phi) is 5.44. The van der Waals surface area contributed by atoms with Crippen LogP contribution in [-0.2, 0) is 14.3 Å². The van der Waals surface area contributed by atoms with Crippen molar-refractivity contribution in [1.29, 1.82) is 0 Å². The maximum atomic E-state index is 13.1. The third-order valence-electron chi connectivity index (χ3n) is 5.42. The maximum Gasteiger partial charge on any atom is 0.155 e. The number of carbonyl (C=O) groups is 1. The van der Waals surface area contributed by atoms with E-state index in [0.717, 1.165) is 52.0 Å². The van der Waals surface area contributed by atoms with E-state index >= 15 is 0 Å². The molecule has 0 bridgehead atoms. The van der Waals surface area contributed by atoms with Gasteiger partial charge in [0.25, 0.3) is 0 Å². The van der Waals surface area contributed by atoms with Gasteiger partial charge in [-0.15, -0.1) is 0 Å². The normalized spacial score (nSPS) is 26.2. The van der Waals surface area contributed by atoms with E-state index in [2.05, 4.69) is 32.6 Å². The Balaban J connectivity index is 2.08. The molecule has 122 valence electrons. The van der Waals surface area contributed by atoms with Gasteiger partial charge >= 0.3 is 0 Å². The fourth-order valence-electron chi connectivity index (χ4n) is 4.01. The Hall–Kier alpha value is -0.450. The second kappa shape index (κ2) is 6.76. The number of rotatable bonds is 5. The molecule has 0 N–H and O–H groups in total. The molecule has 21 heavy (non-hydrogen) atoms. The molecule has 0 aromatic heterocycles. The summed E-state index contributed by atoms with van der Waals surface area (Å²) in [6.45, 7) is 12.5. The zero-order valence-electron chi connectivity index (χ0n) is 14.1. The Morgan fingerprint density at radius 2 is 1.81 bits per heavy atom. The van der Waals surface area contributed by atoms with Crippen LogP contribution in [-0.4, -0.2) is 54.7 Å². The molecule has 1 atom stereocenters. The van der Waals surface area contributed by atoms with E-state index < -0.39 is 0 Å². The van der Waals surface area contributed by atoms with Gasteiger partial charge in [0.15, 0.2) is 5.78 Å². The van der Waals surface area contributed by atoms with Crippen LogP contribution in [0.4, 0.5) is 0 Å². The molecular formula is C17H31NO3. The summed E-state index contributed by atoms with van der Waals surface area (Å²) in [4.78, 5) is 15.3. The van der Waals surface area contributed by atoms with Gasteiger partial charge < -0.3 is 9.47 Å². The van der Waals surface area contributed by atoms with Crippen LogP contribution in [0.2, 0.25) is 0 Å². The predicted octanol–water partition coefficient (Wildman–Crippen LogP) is 2.65. The van der Waals surface area contributed by atoms with E-state index in [1.165, 1.54) is 0 Å². The van der Waals surface area contributed by atoms with Crippen molar-refractivity contribution >= 4 is 5.78 Å². The number of Topliss-reactive ketones (excluding diaryl/α,β-unsaturated/α-hetero) is 1. The number of hydrogen-bond donors (Lipinski definition) is 0. The number of nitrogens with zero attached hydrogens (tertiary/aromatic N) is 1. The van der Waals surface area contributed by atoms with Gasteiger partial charge in [0, 0.05) is 25.7 Å². The quantitative estimate of drug-likeness (QED) is 0.782. The second-order valence-corrected chi connectivity index (χ2v) is 6.93. The predicted molar refractivity (Wildman–Crippen MR) is 83.5 cm³/mol. The largest absolute Gasteiger partial charge is 0.381 e. The minimum atomic E-state index is -0.377. The van der Waals surface area contributed by atoms with Crippen molar-refractivity contribution in [1.82, 2.24) is 4.90 Å². The summed E-state index contributed by atoms with van der Waals surface area (Å²) in [5, 5.41) is 0. The van der Waals surface area contributed by atoms with Crippen molar-refractivity contribution in [3.05, 3.63) is 0 Å². The Labute approximate surface area is 129 Å². The molecule has 1 unspecified atom stereocenters. The second-order valence-electron chi connectivity index (χ2n) is 6.93. The summed E-state index contributed by atoms with van der Waals surface area (Å²) < 4.78 is 11.5. The maximum absolute atomic E-state index is 13.1. The first kappa shape index (κ1) is 16.9. The van der Waals surface area contributed by atoms with E-state index in [1.54, 1.807) is 0 Å². The smallest absolute Gasteiger partial charge is 0.155 e. The fraction of sp³-hybridized carbons (Fsp3) is 0.941. The molecule has 2 heterocycles. The lowest BCUT2D eigenvalue weighted by Crippen LogP contribution is -2.55. The van der Waals surface area contributed by atoms with Crippen molar-refractivity contribution in [2.75, 3.05) is 32.9 Å². The van der Waals surface area contributed by atoms with Crippen LogP contribution < -0.4 is 0 Å². The first-order valence-electron chi connectivity index (χ1n) is 8.46. The number of hydrogen-bond acceptors (Lipinski definition) is 4. The number of ketones is 1. The van der Waals surface area contributed by atoms with Crippen molar-refractivity contribution in [2.24, 2.45) is 5.92 Å². The summed E-state index contributed by atoms with van der Waals surface area (Å²) in [7, 11) is 0. The van der Waals surface area contributed by atoms with Crippen LogP contribution >= 0.6 is 0 Å². The molecule has 0 radical (unpaired) electrons. The first-order chi connectivity index (χ1) is 9.95. The Morgan fingerprint density at radius 1 is 1.19 bits per heavy atom. The average molecular weight is 297 g/mol. The van der Waals surface area contributed by atoms with E-state index in [-0.39, 0.29) is 17.1 Å². The number of ether oxygens (including phenoxy) is 2. The zero-order chi connectivity index (χ0) is 15.5. The van der Waals surface area contributed by atoms with Crippen LogP contribution in [0.3, 0.4) is 0 Å². The Bertz CT molecular complexity index is 352. The standard InChI is InChI=1S/C17H31NO3/c1-5-18(6-2)16(3,4)15(19)14-7-10-21-17(13-14)8-11-20-12-9-17/h14H,5-13H2,1-4H3. The lowest BCUT2D eigenvalue weighted by Gasteiger charge is -2.45. The lowest BCUT2D eigenvalue weighted by molar-refractivity contribution is -0.162. The molecule has 4 nitrogen and oxygen atoms in total. The summed E-state index contributed by atoms with van der Waals surface area (Å²) in [6, 6.07) is 0. The van der Waals surface area contributed by atoms with Crippen LogP contribution in [0.25, 0.3) is 0 Å². The molecule has 4 heteroatoms. The van der Waals surface area contributed by atoms with Gasteiger partial charge in [0.1, 0.15) is 0 Å². The van der Waals surface area contributed by atoms with Crippen LogP contribution in [0.5, 0.6) is 0 Å². The topological polar surface area (TPSA) is 38.8 Å². The molecular weight excluding hydrogens is 266 g/mol. The summed E-state index contributed by atoms with van der Waals surface area (Å²) >= 11 is 0. The average Bonchev–Trinajstić information content (AvgIpc) is 2.48. The minimum absolute atomic E-state index is 0.101. The third kappa shape index (κ3) is 3.49. The molecule has 2 aliphatic rings. The monoisotopic (exact) mass is 297 g/mol. The molecule has 0 aliphatic carbocycles. The van der Waals surface area contributed by atoms with Gasteiger partial charge in [-0.2, -0.15) is 0 Å². The SMILES string of the molecule is CCN(CC)C(C)(C)C(=O)C1CCOC2(CCOCC2)C1. The van der Waals surface area contributed by atoms with Crippen LogP contribution in [0, 0.1) is 5.92 Å². The summed E-state index contributed by atoms with van der Waals surface area (Å²) in [6.07, 6.45) is 3.61. The lowest BCUT2D eigenvalue weighted by atomic mass is 9.75.